The van der Waals surface area contributed by atoms with Gasteiger partial charge in [0.25, 0.3) is 0 Å². The summed E-state index contributed by atoms with van der Waals surface area (Å²) in [6, 6.07) is 36.8. The first-order valence-corrected chi connectivity index (χ1v) is 13.2. The number of benzene rings is 4. The van der Waals surface area contributed by atoms with E-state index in [2.05, 4.69) is 151 Å². The van der Waals surface area contributed by atoms with Crippen LogP contribution in [0.4, 0.5) is 5.69 Å². The predicted molar refractivity (Wildman–Crippen MR) is 160 cm³/mol. The second kappa shape index (κ2) is 8.06. The molecule has 8 rings (SSSR count). The second-order valence-electron chi connectivity index (χ2n) is 10.3. The molecule has 1 spiro atoms. The molecule has 0 bridgehead atoms. The molecule has 1 nitrogen and oxygen atoms in total. The lowest BCUT2D eigenvalue weighted by molar-refractivity contribution is 0.701. The van der Waals surface area contributed by atoms with Gasteiger partial charge in [-0.05, 0) is 86.0 Å². The lowest BCUT2D eigenvalue weighted by atomic mass is 9.63. The summed E-state index contributed by atoms with van der Waals surface area (Å²) in [4.78, 5) is 0. The largest absolute Gasteiger partial charge is 0.358 e. The van der Waals surface area contributed by atoms with Gasteiger partial charge in [0, 0.05) is 11.4 Å². The Bertz CT molecular complexity index is 1780. The van der Waals surface area contributed by atoms with E-state index in [-0.39, 0.29) is 0 Å². The Hall–Kier alpha value is -4.88. The molecule has 1 heteroatoms. The van der Waals surface area contributed by atoms with Gasteiger partial charge in [0.15, 0.2) is 0 Å². The summed E-state index contributed by atoms with van der Waals surface area (Å²) in [6.45, 7) is 0. The van der Waals surface area contributed by atoms with Crippen LogP contribution < -0.4 is 5.32 Å². The minimum absolute atomic E-state index is 0.399. The monoisotopic (exact) mass is 483 g/mol. The van der Waals surface area contributed by atoms with Crippen molar-refractivity contribution >= 4 is 29.0 Å². The summed E-state index contributed by atoms with van der Waals surface area (Å²) in [5, 5.41) is 3.86. The van der Waals surface area contributed by atoms with Crippen LogP contribution in [0.1, 0.15) is 22.3 Å². The van der Waals surface area contributed by atoms with E-state index in [0.29, 0.717) is 0 Å². The zero-order valence-corrected chi connectivity index (χ0v) is 20.9. The van der Waals surface area contributed by atoms with E-state index >= 15 is 0 Å². The minimum Gasteiger partial charge on any atom is -0.358 e. The number of rotatable bonds is 3. The average Bonchev–Trinajstić information content (AvgIpc) is 3.55. The van der Waals surface area contributed by atoms with Gasteiger partial charge >= 0.3 is 0 Å². The molecule has 0 radical (unpaired) electrons. The number of fused-ring (bicyclic) bond motifs is 8. The fraction of sp³-hybridized carbons (Fsp3) is 0.0270. The van der Waals surface area contributed by atoms with Gasteiger partial charge in [0.2, 0.25) is 0 Å². The van der Waals surface area contributed by atoms with E-state index in [1.54, 1.807) is 0 Å². The minimum atomic E-state index is -0.399. The molecule has 0 fully saturated rings. The summed E-state index contributed by atoms with van der Waals surface area (Å²) < 4.78 is 0. The molecule has 0 amide bonds. The Labute approximate surface area is 223 Å². The Kier molecular flexibility index (Phi) is 4.50. The number of hydrogen-bond acceptors (Lipinski definition) is 1. The van der Waals surface area contributed by atoms with Crippen molar-refractivity contribution in [3.63, 3.8) is 0 Å². The highest BCUT2D eigenvalue weighted by molar-refractivity contribution is 6.06. The zero-order chi connectivity index (χ0) is 25.1. The van der Waals surface area contributed by atoms with Crippen LogP contribution in [0.15, 0.2) is 150 Å². The Morgan fingerprint density at radius 1 is 0.500 bits per heavy atom. The molecule has 4 aromatic rings. The molecule has 0 saturated carbocycles. The van der Waals surface area contributed by atoms with Gasteiger partial charge in [-0.3, -0.25) is 0 Å². The normalized spacial score (nSPS) is 19.8. The van der Waals surface area contributed by atoms with Gasteiger partial charge in [-0.2, -0.15) is 0 Å². The lowest BCUT2D eigenvalue weighted by Gasteiger charge is -2.42. The first-order chi connectivity index (χ1) is 18.8. The molecule has 0 aliphatic heterocycles. The standard InChI is InChI=1S/C37H25N/c1-2-9-25(10-3-1)26-16-18-29(19-17-26)38-36-21-20-33-31-14-7-5-12-28(31)24-35(33)37(36)22-8-15-32-30-13-6-4-11-27(30)23-34(32)37/h1-24,38H. The molecule has 4 aromatic carbocycles. The van der Waals surface area contributed by atoms with Crippen LogP contribution in [-0.2, 0) is 0 Å². The van der Waals surface area contributed by atoms with Gasteiger partial charge in [-0.15, -0.1) is 0 Å². The Balaban J connectivity index is 1.26. The highest BCUT2D eigenvalue weighted by Gasteiger charge is 2.48. The number of hydrogen-bond donors (Lipinski definition) is 1. The highest BCUT2D eigenvalue weighted by atomic mass is 14.9. The van der Waals surface area contributed by atoms with Gasteiger partial charge < -0.3 is 5.32 Å². The molecule has 1 N–H and O–H groups in total. The van der Waals surface area contributed by atoms with Crippen LogP contribution in [0.25, 0.3) is 34.4 Å². The number of anilines is 1. The molecule has 1 atom stereocenters. The van der Waals surface area contributed by atoms with E-state index in [1.807, 2.05) is 0 Å². The summed E-state index contributed by atoms with van der Waals surface area (Å²) in [5.74, 6) is 0. The van der Waals surface area contributed by atoms with Crippen LogP contribution >= 0.6 is 0 Å². The summed E-state index contributed by atoms with van der Waals surface area (Å²) in [6.07, 6.45) is 16.3. The van der Waals surface area contributed by atoms with Crippen molar-refractivity contribution in [2.24, 2.45) is 5.41 Å². The topological polar surface area (TPSA) is 12.0 Å². The fourth-order valence-corrected chi connectivity index (χ4v) is 6.47. The van der Waals surface area contributed by atoms with Crippen molar-refractivity contribution in [3.8, 4) is 11.1 Å². The Morgan fingerprint density at radius 3 is 1.76 bits per heavy atom. The van der Waals surface area contributed by atoms with Gasteiger partial charge in [0.05, 0.1) is 5.41 Å². The molecular formula is C37H25N. The van der Waals surface area contributed by atoms with Crippen molar-refractivity contribution in [2.45, 2.75) is 0 Å². The van der Waals surface area contributed by atoms with Crippen molar-refractivity contribution in [2.75, 3.05) is 5.32 Å². The predicted octanol–water partition coefficient (Wildman–Crippen LogP) is 9.18. The second-order valence-corrected chi connectivity index (χ2v) is 10.3. The number of allylic oxidation sites excluding steroid dienone is 7. The summed E-state index contributed by atoms with van der Waals surface area (Å²) in [5.41, 5.74) is 14.8. The molecule has 4 aliphatic rings. The molecule has 178 valence electrons. The molecule has 0 saturated heterocycles. The smallest absolute Gasteiger partial charge is 0.0798 e. The first-order valence-electron chi connectivity index (χ1n) is 13.2. The van der Waals surface area contributed by atoms with Crippen LogP contribution in [0.2, 0.25) is 0 Å². The van der Waals surface area contributed by atoms with Gasteiger partial charge in [-0.1, -0.05) is 115 Å². The van der Waals surface area contributed by atoms with Crippen LogP contribution in [0.3, 0.4) is 0 Å². The maximum Gasteiger partial charge on any atom is 0.0798 e. The third kappa shape index (κ3) is 2.99. The molecule has 1 unspecified atom stereocenters. The summed E-state index contributed by atoms with van der Waals surface area (Å²) in [7, 11) is 0. The van der Waals surface area contributed by atoms with E-state index < -0.39 is 5.41 Å². The third-order valence-corrected chi connectivity index (χ3v) is 8.25. The van der Waals surface area contributed by atoms with Crippen molar-refractivity contribution in [1.82, 2.24) is 0 Å². The van der Waals surface area contributed by atoms with Gasteiger partial charge in [-0.25, -0.2) is 0 Å². The van der Waals surface area contributed by atoms with Crippen molar-refractivity contribution in [1.29, 1.82) is 0 Å². The van der Waals surface area contributed by atoms with Crippen LogP contribution in [0, 0.1) is 5.41 Å². The maximum atomic E-state index is 3.86. The average molecular weight is 484 g/mol. The zero-order valence-electron chi connectivity index (χ0n) is 20.9. The van der Waals surface area contributed by atoms with Crippen molar-refractivity contribution in [3.05, 3.63) is 173 Å². The first kappa shape index (κ1) is 21.2. The molecule has 0 aromatic heterocycles. The molecule has 38 heavy (non-hydrogen) atoms. The SMILES string of the molecule is C1=CC2(C(Nc3ccc(-c4ccccc4)cc3)=CC=C3C2=Cc2ccccc23)C2=Cc3ccccc3C2=C1. The quantitative estimate of drug-likeness (QED) is 0.306. The lowest BCUT2D eigenvalue weighted by Crippen LogP contribution is -2.32. The van der Waals surface area contributed by atoms with E-state index in [9.17, 15) is 0 Å². The molecule has 4 aliphatic carbocycles. The van der Waals surface area contributed by atoms with E-state index in [0.717, 1.165) is 5.69 Å². The summed E-state index contributed by atoms with van der Waals surface area (Å²) >= 11 is 0. The van der Waals surface area contributed by atoms with Gasteiger partial charge in [0.1, 0.15) is 0 Å². The fourth-order valence-electron chi connectivity index (χ4n) is 6.47. The van der Waals surface area contributed by atoms with Crippen molar-refractivity contribution < 1.29 is 0 Å². The molecule has 0 heterocycles. The van der Waals surface area contributed by atoms with Crippen LogP contribution in [-0.4, -0.2) is 0 Å². The number of nitrogens with one attached hydrogen (secondary N) is 1. The molecular weight excluding hydrogens is 458 g/mol. The van der Waals surface area contributed by atoms with E-state index in [1.165, 1.54) is 61.4 Å². The van der Waals surface area contributed by atoms with Crippen LogP contribution in [0.5, 0.6) is 0 Å². The maximum absolute atomic E-state index is 3.86. The Morgan fingerprint density at radius 2 is 1.08 bits per heavy atom. The van der Waals surface area contributed by atoms with E-state index in [4.69, 9.17) is 0 Å². The highest BCUT2D eigenvalue weighted by Crippen LogP contribution is 2.61. The third-order valence-electron chi connectivity index (χ3n) is 8.25.